The molecule has 0 radical (unpaired) electrons. The van der Waals surface area contributed by atoms with Crippen LogP contribution in [0, 0.1) is 0 Å². The number of likely N-dealkylation sites (tertiary alicyclic amines) is 1. The van der Waals surface area contributed by atoms with Gasteiger partial charge in [-0.2, -0.15) is 0 Å². The Morgan fingerprint density at radius 3 is 2.02 bits per heavy atom. The number of hydrogen-bond acceptors (Lipinski definition) is 6. The number of methoxy groups -OCH3 is 3. The van der Waals surface area contributed by atoms with Crippen LogP contribution in [0.3, 0.4) is 0 Å². The van der Waals surface area contributed by atoms with Crippen LogP contribution in [0.1, 0.15) is 52.0 Å². The Balaban J connectivity index is 1.38. The van der Waals surface area contributed by atoms with Gasteiger partial charge in [0.15, 0.2) is 17.4 Å². The first-order valence-electron chi connectivity index (χ1n) is 14.7. The fourth-order valence-corrected chi connectivity index (χ4v) is 5.65. The summed E-state index contributed by atoms with van der Waals surface area (Å²) >= 11 is 0. The molecule has 1 aliphatic carbocycles. The van der Waals surface area contributed by atoms with E-state index in [1.165, 1.54) is 29.7 Å². The molecule has 2 fully saturated rings. The largest absolute Gasteiger partial charge is 0.493 e. The lowest BCUT2D eigenvalue weighted by atomic mass is 9.99. The standard InChI is InChI=1S/C35H44N2O4/c1-35(2,3)41-34(26-15-16-26)36-19-17-30(18-20-36)37(29-13-8-7-9-14-29)24-25-11-10-12-27(21-25)28-22-31(38-4)33(40-6)32(23-28)39-5/h7-14,21-23,30H,15-20,24H2,1-6H3. The monoisotopic (exact) mass is 556 g/mol. The molecule has 0 N–H and O–H groups in total. The van der Waals surface area contributed by atoms with E-state index in [4.69, 9.17) is 18.9 Å². The Morgan fingerprint density at radius 1 is 0.805 bits per heavy atom. The second-order valence-electron chi connectivity index (χ2n) is 11.9. The van der Waals surface area contributed by atoms with Crippen LogP contribution in [0.4, 0.5) is 5.69 Å². The van der Waals surface area contributed by atoms with Gasteiger partial charge in [-0.15, -0.1) is 0 Å². The number of para-hydroxylation sites is 1. The van der Waals surface area contributed by atoms with Gasteiger partial charge in [0.1, 0.15) is 5.60 Å². The van der Waals surface area contributed by atoms with Crippen LogP contribution in [0.5, 0.6) is 17.2 Å². The number of rotatable bonds is 10. The average Bonchev–Trinajstić information content (AvgIpc) is 3.84. The summed E-state index contributed by atoms with van der Waals surface area (Å²) in [5.41, 5.74) is 5.96. The van der Waals surface area contributed by atoms with Crippen molar-refractivity contribution in [3.05, 3.63) is 83.7 Å². The minimum atomic E-state index is -0.180. The van der Waals surface area contributed by atoms with E-state index in [9.17, 15) is 0 Å². The van der Waals surface area contributed by atoms with Gasteiger partial charge in [0, 0.05) is 31.4 Å². The smallest absolute Gasteiger partial charge is 0.203 e. The molecule has 0 spiro atoms. The van der Waals surface area contributed by atoms with Crippen LogP contribution >= 0.6 is 0 Å². The van der Waals surface area contributed by atoms with Crippen molar-refractivity contribution in [3.63, 3.8) is 0 Å². The van der Waals surface area contributed by atoms with E-state index >= 15 is 0 Å². The highest BCUT2D eigenvalue weighted by atomic mass is 16.5. The lowest BCUT2D eigenvalue weighted by Gasteiger charge is -2.42. The first-order valence-corrected chi connectivity index (χ1v) is 14.7. The molecule has 6 nitrogen and oxygen atoms in total. The van der Waals surface area contributed by atoms with Crippen LogP contribution < -0.4 is 19.1 Å². The van der Waals surface area contributed by atoms with Gasteiger partial charge in [-0.05, 0) is 99.0 Å². The lowest BCUT2D eigenvalue weighted by molar-refractivity contribution is -0.00541. The molecule has 3 aromatic rings. The third-order valence-electron chi connectivity index (χ3n) is 7.76. The van der Waals surface area contributed by atoms with E-state index in [0.717, 1.165) is 49.5 Å². The summed E-state index contributed by atoms with van der Waals surface area (Å²) in [4.78, 5) is 5.07. The van der Waals surface area contributed by atoms with Crippen molar-refractivity contribution in [2.75, 3.05) is 39.3 Å². The van der Waals surface area contributed by atoms with Gasteiger partial charge in [-0.25, -0.2) is 0 Å². The molecule has 5 rings (SSSR count). The zero-order chi connectivity index (χ0) is 29.0. The molecule has 1 aliphatic heterocycles. The van der Waals surface area contributed by atoms with Crippen LogP contribution in [0.15, 0.2) is 78.2 Å². The fourth-order valence-electron chi connectivity index (χ4n) is 5.65. The highest BCUT2D eigenvalue weighted by molar-refractivity contribution is 5.71. The molecule has 0 bridgehead atoms. The molecule has 3 aromatic carbocycles. The third kappa shape index (κ3) is 6.92. The molecule has 0 aromatic heterocycles. The Morgan fingerprint density at radius 2 is 1.46 bits per heavy atom. The van der Waals surface area contributed by atoms with Crippen LogP contribution in [-0.4, -0.2) is 51.0 Å². The van der Waals surface area contributed by atoms with Crippen LogP contribution in [-0.2, 0) is 11.3 Å². The molecule has 6 heteroatoms. The first kappa shape index (κ1) is 28.7. The molecule has 1 saturated carbocycles. The second-order valence-corrected chi connectivity index (χ2v) is 11.9. The van der Waals surface area contributed by atoms with Crippen molar-refractivity contribution in [3.8, 4) is 28.4 Å². The van der Waals surface area contributed by atoms with Crippen molar-refractivity contribution in [2.45, 2.75) is 64.6 Å². The SMILES string of the molecule is COc1cc(-c2cccc(CN(c3ccccc3)C3CCN(C(OC(C)(C)C)=C4CC4)CC3)c2)cc(OC)c1OC. The quantitative estimate of drug-likeness (QED) is 0.239. The minimum absolute atomic E-state index is 0.180. The predicted octanol–water partition coefficient (Wildman–Crippen LogP) is 7.67. The molecule has 0 unspecified atom stereocenters. The van der Waals surface area contributed by atoms with Crippen molar-refractivity contribution >= 4 is 5.69 Å². The van der Waals surface area contributed by atoms with E-state index in [2.05, 4.69) is 85.2 Å². The average molecular weight is 557 g/mol. The highest BCUT2D eigenvalue weighted by Gasteiger charge is 2.32. The van der Waals surface area contributed by atoms with Gasteiger partial charge < -0.3 is 28.7 Å². The highest BCUT2D eigenvalue weighted by Crippen LogP contribution is 2.42. The summed E-state index contributed by atoms with van der Waals surface area (Å²) < 4.78 is 23.2. The zero-order valence-electron chi connectivity index (χ0n) is 25.4. The maximum atomic E-state index is 6.45. The van der Waals surface area contributed by atoms with E-state index in [-0.39, 0.29) is 5.60 Å². The Hall–Kier alpha value is -3.80. The number of hydrogen-bond donors (Lipinski definition) is 0. The fraction of sp³-hybridized carbons (Fsp3) is 0.429. The number of anilines is 1. The summed E-state index contributed by atoms with van der Waals surface area (Å²) in [6.07, 6.45) is 4.52. The normalized spacial score (nSPS) is 15.4. The minimum Gasteiger partial charge on any atom is -0.493 e. The molecule has 41 heavy (non-hydrogen) atoms. The summed E-state index contributed by atoms with van der Waals surface area (Å²) in [7, 11) is 4.93. The van der Waals surface area contributed by atoms with Crippen molar-refractivity contribution in [1.82, 2.24) is 4.90 Å². The number of nitrogens with zero attached hydrogens (tertiary/aromatic N) is 2. The molecular formula is C35H44N2O4. The molecule has 1 heterocycles. The van der Waals surface area contributed by atoms with Crippen molar-refractivity contribution < 1.29 is 18.9 Å². The maximum absolute atomic E-state index is 6.45. The molecule has 2 aliphatic rings. The van der Waals surface area contributed by atoms with Gasteiger partial charge in [0.2, 0.25) is 5.75 Å². The van der Waals surface area contributed by atoms with Gasteiger partial charge in [0.25, 0.3) is 0 Å². The van der Waals surface area contributed by atoms with Gasteiger partial charge >= 0.3 is 0 Å². The Labute approximate surface area is 245 Å². The van der Waals surface area contributed by atoms with Crippen LogP contribution in [0.25, 0.3) is 11.1 Å². The van der Waals surface area contributed by atoms with E-state index in [1.807, 2.05) is 12.1 Å². The van der Waals surface area contributed by atoms with Gasteiger partial charge in [0.05, 0.1) is 21.3 Å². The maximum Gasteiger partial charge on any atom is 0.203 e. The third-order valence-corrected chi connectivity index (χ3v) is 7.76. The summed E-state index contributed by atoms with van der Waals surface area (Å²) in [6, 6.07) is 24.1. The van der Waals surface area contributed by atoms with E-state index < -0.39 is 0 Å². The predicted molar refractivity (Wildman–Crippen MR) is 166 cm³/mol. The number of allylic oxidation sites excluding steroid dienone is 1. The van der Waals surface area contributed by atoms with Gasteiger partial charge in [-0.1, -0.05) is 36.4 Å². The number of ether oxygens (including phenoxy) is 4. The van der Waals surface area contributed by atoms with E-state index in [0.29, 0.717) is 23.3 Å². The molecular weight excluding hydrogens is 512 g/mol. The van der Waals surface area contributed by atoms with E-state index in [1.54, 1.807) is 21.3 Å². The van der Waals surface area contributed by atoms with Gasteiger partial charge in [-0.3, -0.25) is 0 Å². The zero-order valence-corrected chi connectivity index (χ0v) is 25.4. The molecule has 218 valence electrons. The number of benzene rings is 3. The summed E-state index contributed by atoms with van der Waals surface area (Å²) in [5.74, 6) is 3.05. The Kier molecular flexibility index (Phi) is 8.67. The summed E-state index contributed by atoms with van der Waals surface area (Å²) in [6.45, 7) is 9.28. The van der Waals surface area contributed by atoms with Crippen molar-refractivity contribution in [1.29, 1.82) is 0 Å². The number of piperidine rings is 1. The summed E-state index contributed by atoms with van der Waals surface area (Å²) in [5, 5.41) is 0. The first-order chi connectivity index (χ1) is 19.8. The second kappa shape index (κ2) is 12.4. The van der Waals surface area contributed by atoms with Crippen molar-refractivity contribution in [2.24, 2.45) is 0 Å². The van der Waals surface area contributed by atoms with Crippen LogP contribution in [0.2, 0.25) is 0 Å². The lowest BCUT2D eigenvalue weighted by Crippen LogP contribution is -2.45. The Bertz CT molecular complexity index is 1320. The molecule has 1 saturated heterocycles. The molecule has 0 amide bonds. The molecule has 0 atom stereocenters. The topological polar surface area (TPSA) is 43.4 Å².